The Morgan fingerprint density at radius 1 is 1.41 bits per heavy atom. The Bertz CT molecular complexity index is 769. The van der Waals surface area contributed by atoms with Gasteiger partial charge in [-0.15, -0.1) is 0 Å². The maximum Gasteiger partial charge on any atom is 0.253 e. The maximum atomic E-state index is 12.1. The number of amides is 1. The van der Waals surface area contributed by atoms with E-state index < -0.39 is 6.10 Å². The highest BCUT2D eigenvalue weighted by atomic mass is 35.5. The molecule has 2 heterocycles. The Balaban J connectivity index is 2.30. The topological polar surface area (TPSA) is 75.4 Å². The second-order valence-electron chi connectivity index (χ2n) is 5.26. The minimum atomic E-state index is -0.851. The Kier molecular flexibility index (Phi) is 3.89. The summed E-state index contributed by atoms with van der Waals surface area (Å²) in [5.74, 6) is 0.0503. The fourth-order valence-electron chi connectivity index (χ4n) is 2.72. The molecule has 2 N–H and O–H groups in total. The van der Waals surface area contributed by atoms with Gasteiger partial charge in [-0.3, -0.25) is 4.79 Å². The predicted molar refractivity (Wildman–Crippen MR) is 83.4 cm³/mol. The van der Waals surface area contributed by atoms with Crippen LogP contribution in [-0.4, -0.2) is 22.7 Å². The van der Waals surface area contributed by atoms with Crippen LogP contribution in [0.3, 0.4) is 0 Å². The number of aliphatic hydroxyl groups is 1. The summed E-state index contributed by atoms with van der Waals surface area (Å²) in [4.78, 5) is 12.1. The number of carbonyl (C=O) groups excluding carboxylic acids is 1. The number of hydrogen-bond acceptors (Lipinski definition) is 4. The van der Waals surface area contributed by atoms with Crippen molar-refractivity contribution in [1.29, 1.82) is 0 Å². The van der Waals surface area contributed by atoms with Crippen LogP contribution in [0.4, 0.5) is 0 Å². The lowest BCUT2D eigenvalue weighted by atomic mass is 9.93. The number of rotatable bonds is 2. The molecule has 0 bridgehead atoms. The third-order valence-corrected chi connectivity index (χ3v) is 4.47. The van der Waals surface area contributed by atoms with Crippen molar-refractivity contribution in [3.05, 3.63) is 38.7 Å². The number of nitrogens with zero attached hydrogens (tertiary/aromatic N) is 1. The molecule has 1 aliphatic rings. The lowest BCUT2D eigenvalue weighted by molar-refractivity contribution is 0.0946. The number of hydrogen-bond donors (Lipinski definition) is 2. The van der Waals surface area contributed by atoms with Gasteiger partial charge in [-0.25, -0.2) is 0 Å². The first-order valence-corrected chi connectivity index (χ1v) is 7.61. The summed E-state index contributed by atoms with van der Waals surface area (Å²) >= 11 is 12.8. The minimum Gasteiger partial charge on any atom is -0.385 e. The third kappa shape index (κ3) is 2.29. The third-order valence-electron chi connectivity index (χ3n) is 3.74. The second-order valence-corrected chi connectivity index (χ2v) is 6.05. The molecule has 1 aliphatic heterocycles. The van der Waals surface area contributed by atoms with Crippen molar-refractivity contribution in [2.75, 3.05) is 6.54 Å². The van der Waals surface area contributed by atoms with E-state index in [4.69, 9.17) is 27.7 Å². The molecule has 1 atom stereocenters. The Morgan fingerprint density at radius 3 is 2.82 bits per heavy atom. The maximum absolute atomic E-state index is 12.1. The number of halogens is 2. The number of benzene rings is 1. The van der Waals surface area contributed by atoms with E-state index in [1.54, 1.807) is 19.9 Å². The van der Waals surface area contributed by atoms with Gasteiger partial charge in [0.25, 0.3) is 5.91 Å². The van der Waals surface area contributed by atoms with Crippen molar-refractivity contribution >= 4 is 29.1 Å². The van der Waals surface area contributed by atoms with Crippen LogP contribution in [-0.2, 0) is 6.42 Å². The van der Waals surface area contributed by atoms with Crippen molar-refractivity contribution < 1.29 is 14.4 Å². The molecular weight excluding hydrogens is 327 g/mol. The number of nitrogens with one attached hydrogen (secondary N) is 1. The smallest absolute Gasteiger partial charge is 0.253 e. The van der Waals surface area contributed by atoms with Gasteiger partial charge in [0, 0.05) is 17.1 Å². The van der Waals surface area contributed by atoms with Gasteiger partial charge in [-0.1, -0.05) is 28.4 Å². The van der Waals surface area contributed by atoms with Crippen LogP contribution in [0.2, 0.25) is 10.0 Å². The van der Waals surface area contributed by atoms with Gasteiger partial charge in [0.2, 0.25) is 0 Å². The summed E-state index contributed by atoms with van der Waals surface area (Å²) < 4.78 is 5.17. The summed E-state index contributed by atoms with van der Waals surface area (Å²) in [6.45, 7) is 3.85. The summed E-state index contributed by atoms with van der Waals surface area (Å²) in [5, 5.41) is 17.2. The average molecular weight is 341 g/mol. The lowest BCUT2D eigenvalue weighted by Gasteiger charge is -2.21. The van der Waals surface area contributed by atoms with Gasteiger partial charge in [0.1, 0.15) is 6.10 Å². The van der Waals surface area contributed by atoms with E-state index in [-0.39, 0.29) is 5.91 Å². The molecule has 116 valence electrons. The average Bonchev–Trinajstić information content (AvgIpc) is 2.84. The first kappa shape index (κ1) is 15.3. The molecule has 0 saturated carbocycles. The molecular formula is C15H14Cl2N2O3. The monoisotopic (exact) mass is 340 g/mol. The van der Waals surface area contributed by atoms with Gasteiger partial charge < -0.3 is 14.9 Å². The van der Waals surface area contributed by atoms with E-state index in [1.807, 2.05) is 0 Å². The van der Waals surface area contributed by atoms with Crippen LogP contribution in [0.25, 0.3) is 11.1 Å². The number of aryl methyl sites for hydroxylation is 1. The van der Waals surface area contributed by atoms with Gasteiger partial charge in [0.15, 0.2) is 5.76 Å². The predicted octanol–water partition coefficient (Wildman–Crippen LogP) is 3.30. The largest absolute Gasteiger partial charge is 0.385 e. The summed E-state index contributed by atoms with van der Waals surface area (Å²) in [6, 6.07) is 1.70. The highest BCUT2D eigenvalue weighted by molar-refractivity contribution is 6.39. The van der Waals surface area contributed by atoms with Crippen LogP contribution in [0.15, 0.2) is 10.6 Å². The molecule has 0 radical (unpaired) electrons. The first-order valence-electron chi connectivity index (χ1n) is 6.85. The molecule has 1 amide bonds. The van der Waals surface area contributed by atoms with Crippen molar-refractivity contribution in [3.8, 4) is 11.1 Å². The van der Waals surface area contributed by atoms with E-state index in [0.717, 1.165) is 5.56 Å². The summed E-state index contributed by atoms with van der Waals surface area (Å²) in [5.41, 5.74) is 2.81. The van der Waals surface area contributed by atoms with Gasteiger partial charge in [-0.05, 0) is 31.9 Å². The molecule has 0 aliphatic carbocycles. The van der Waals surface area contributed by atoms with Crippen molar-refractivity contribution in [1.82, 2.24) is 10.5 Å². The van der Waals surface area contributed by atoms with E-state index in [0.29, 0.717) is 51.2 Å². The number of carbonyl (C=O) groups is 1. The SMILES string of the molecule is Cc1noc(C(C)O)c1-c1cc(Cl)c2c(c1Cl)C(=O)NCC2. The molecule has 1 aromatic heterocycles. The normalized spacial score (nSPS) is 15.4. The second kappa shape index (κ2) is 5.57. The number of aliphatic hydroxyl groups excluding tert-OH is 1. The highest BCUT2D eigenvalue weighted by Gasteiger charge is 2.28. The van der Waals surface area contributed by atoms with E-state index in [1.165, 1.54) is 0 Å². The summed E-state index contributed by atoms with van der Waals surface area (Å²) in [7, 11) is 0. The number of aromatic nitrogens is 1. The molecule has 22 heavy (non-hydrogen) atoms. The van der Waals surface area contributed by atoms with Gasteiger partial charge >= 0.3 is 0 Å². The molecule has 7 heteroatoms. The molecule has 3 rings (SSSR count). The lowest BCUT2D eigenvalue weighted by Crippen LogP contribution is -2.32. The Hall–Kier alpha value is -1.56. The van der Waals surface area contributed by atoms with Crippen molar-refractivity contribution in [2.24, 2.45) is 0 Å². The van der Waals surface area contributed by atoms with E-state index in [2.05, 4.69) is 10.5 Å². The number of fused-ring (bicyclic) bond motifs is 1. The quantitative estimate of drug-likeness (QED) is 0.879. The highest BCUT2D eigenvalue weighted by Crippen LogP contribution is 2.41. The molecule has 1 aromatic carbocycles. The van der Waals surface area contributed by atoms with Crippen molar-refractivity contribution in [2.45, 2.75) is 26.4 Å². The van der Waals surface area contributed by atoms with E-state index in [9.17, 15) is 9.90 Å². The Labute approximate surface area is 137 Å². The standard InChI is InChI=1S/C15H14Cl2N2O3/c1-6-11(14(7(2)20)22-19-6)9-5-10(16)8-3-4-18-15(21)12(8)13(9)17/h5,7,20H,3-4H2,1-2H3,(H,18,21). The van der Waals surface area contributed by atoms with Gasteiger partial charge in [0.05, 0.1) is 21.8 Å². The van der Waals surface area contributed by atoms with Crippen LogP contribution < -0.4 is 5.32 Å². The molecule has 5 nitrogen and oxygen atoms in total. The molecule has 0 fully saturated rings. The zero-order valence-corrected chi connectivity index (χ0v) is 13.5. The molecule has 0 saturated heterocycles. The van der Waals surface area contributed by atoms with Crippen LogP contribution in [0.1, 0.15) is 40.4 Å². The molecule has 0 spiro atoms. The first-order chi connectivity index (χ1) is 10.4. The van der Waals surface area contributed by atoms with E-state index >= 15 is 0 Å². The summed E-state index contributed by atoms with van der Waals surface area (Å²) in [6.07, 6.45) is -0.220. The van der Waals surface area contributed by atoms with Crippen molar-refractivity contribution in [3.63, 3.8) is 0 Å². The zero-order chi connectivity index (χ0) is 16.0. The fourth-order valence-corrected chi connectivity index (χ4v) is 3.36. The van der Waals surface area contributed by atoms with Crippen LogP contribution in [0.5, 0.6) is 0 Å². The molecule has 1 unspecified atom stereocenters. The minimum absolute atomic E-state index is 0.247. The zero-order valence-electron chi connectivity index (χ0n) is 12.0. The van der Waals surface area contributed by atoms with Crippen LogP contribution in [0, 0.1) is 6.92 Å². The van der Waals surface area contributed by atoms with Gasteiger partial charge in [-0.2, -0.15) is 0 Å². The fraction of sp³-hybridized carbons (Fsp3) is 0.333. The van der Waals surface area contributed by atoms with Crippen LogP contribution >= 0.6 is 23.2 Å². The molecule has 2 aromatic rings. The Morgan fingerprint density at radius 2 is 2.14 bits per heavy atom.